The maximum atomic E-state index is 14.1. The summed E-state index contributed by atoms with van der Waals surface area (Å²) in [4.78, 5) is 15.0. The van der Waals surface area contributed by atoms with Gasteiger partial charge in [-0.3, -0.25) is 4.79 Å². The number of nitrogens with zero attached hydrogens (tertiary/aromatic N) is 1. The number of halogens is 2. The molecule has 2 aliphatic carbocycles. The van der Waals surface area contributed by atoms with Crippen LogP contribution >= 0.6 is 0 Å². The highest BCUT2D eigenvalue weighted by Gasteiger charge is 2.37. The van der Waals surface area contributed by atoms with Crippen molar-refractivity contribution in [3.05, 3.63) is 35.4 Å². The molecule has 1 aromatic carbocycles. The molecule has 1 amide bonds. The highest BCUT2D eigenvalue weighted by Crippen LogP contribution is 2.35. The van der Waals surface area contributed by atoms with E-state index in [1.807, 2.05) is 4.90 Å². The Bertz CT molecular complexity index is 587. The van der Waals surface area contributed by atoms with Crippen LogP contribution in [-0.4, -0.2) is 23.4 Å². The van der Waals surface area contributed by atoms with Crippen molar-refractivity contribution in [2.45, 2.75) is 57.5 Å². The molecule has 2 aliphatic rings. The zero-order chi connectivity index (χ0) is 17.1. The first kappa shape index (κ1) is 17.3. The van der Waals surface area contributed by atoms with Crippen molar-refractivity contribution in [3.63, 3.8) is 0 Å². The van der Waals surface area contributed by atoms with Gasteiger partial charge in [-0.2, -0.15) is 0 Å². The molecule has 24 heavy (non-hydrogen) atoms. The lowest BCUT2D eigenvalue weighted by Crippen LogP contribution is -2.44. The molecule has 2 fully saturated rings. The molecule has 3 rings (SSSR count). The van der Waals surface area contributed by atoms with Gasteiger partial charge in [0.2, 0.25) is 5.91 Å². The molecule has 3 nitrogen and oxygen atoms in total. The number of amides is 1. The summed E-state index contributed by atoms with van der Waals surface area (Å²) in [5.74, 6) is -0.676. The van der Waals surface area contributed by atoms with Gasteiger partial charge in [0, 0.05) is 24.1 Å². The molecule has 2 saturated carbocycles. The fraction of sp³-hybridized carbons (Fsp3) is 0.632. The highest BCUT2D eigenvalue weighted by molar-refractivity contribution is 5.80. The summed E-state index contributed by atoms with van der Waals surface area (Å²) in [7, 11) is 0. The Hall–Kier alpha value is -1.49. The summed E-state index contributed by atoms with van der Waals surface area (Å²) in [6, 6.07) is 3.60. The summed E-state index contributed by atoms with van der Waals surface area (Å²) in [5.41, 5.74) is 6.09. The van der Waals surface area contributed by atoms with E-state index in [1.54, 1.807) is 0 Å². The Morgan fingerprint density at radius 2 is 1.88 bits per heavy atom. The molecule has 0 bridgehead atoms. The number of benzene rings is 1. The quantitative estimate of drug-likeness (QED) is 0.893. The zero-order valence-electron chi connectivity index (χ0n) is 14.0. The summed E-state index contributed by atoms with van der Waals surface area (Å²) >= 11 is 0. The van der Waals surface area contributed by atoms with Crippen molar-refractivity contribution < 1.29 is 13.6 Å². The van der Waals surface area contributed by atoms with Crippen LogP contribution < -0.4 is 5.73 Å². The summed E-state index contributed by atoms with van der Waals surface area (Å²) in [6.07, 6.45) is 6.93. The van der Waals surface area contributed by atoms with Crippen LogP contribution in [0.4, 0.5) is 8.78 Å². The number of carbonyl (C=O) groups excluding carboxylic acids is 1. The van der Waals surface area contributed by atoms with E-state index in [-0.39, 0.29) is 35.9 Å². The van der Waals surface area contributed by atoms with Crippen LogP contribution in [-0.2, 0) is 11.3 Å². The fourth-order valence-corrected chi connectivity index (χ4v) is 4.31. The molecule has 0 heterocycles. The molecule has 0 spiro atoms. The number of hydrogen-bond donors (Lipinski definition) is 1. The van der Waals surface area contributed by atoms with Crippen molar-refractivity contribution in [1.29, 1.82) is 0 Å². The van der Waals surface area contributed by atoms with Gasteiger partial charge in [0.05, 0.1) is 0 Å². The molecule has 2 N–H and O–H groups in total. The Morgan fingerprint density at radius 1 is 1.12 bits per heavy atom. The topological polar surface area (TPSA) is 46.3 Å². The number of rotatable bonds is 5. The molecule has 0 aromatic heterocycles. The van der Waals surface area contributed by atoms with E-state index in [0.717, 1.165) is 57.1 Å². The molecular weight excluding hydrogens is 310 g/mol. The number of hydrogen-bond acceptors (Lipinski definition) is 2. The standard InChI is InChI=1S/C19H26F2N2O/c20-15-8-9-18(21)14(10-15)12-23(16-5-1-2-6-16)19(24)17-7-3-4-13(17)11-22/h8-10,13,16-17H,1-7,11-12,22H2/t13-,17-/m1/s1. The van der Waals surface area contributed by atoms with Crippen LogP contribution in [0.5, 0.6) is 0 Å². The van der Waals surface area contributed by atoms with Gasteiger partial charge >= 0.3 is 0 Å². The second-order valence-electron chi connectivity index (χ2n) is 7.17. The maximum Gasteiger partial charge on any atom is 0.226 e. The maximum absolute atomic E-state index is 14.1. The van der Waals surface area contributed by atoms with E-state index in [0.29, 0.717) is 6.54 Å². The van der Waals surface area contributed by atoms with Crippen LogP contribution in [0.25, 0.3) is 0 Å². The van der Waals surface area contributed by atoms with E-state index >= 15 is 0 Å². The molecule has 132 valence electrons. The Morgan fingerprint density at radius 3 is 2.58 bits per heavy atom. The first-order valence-corrected chi connectivity index (χ1v) is 9.04. The lowest BCUT2D eigenvalue weighted by Gasteiger charge is -2.33. The molecule has 2 atom stereocenters. The van der Waals surface area contributed by atoms with Gasteiger partial charge in [-0.05, 0) is 56.3 Å². The predicted molar refractivity (Wildman–Crippen MR) is 89.0 cm³/mol. The van der Waals surface area contributed by atoms with Gasteiger partial charge in [0.25, 0.3) is 0 Å². The van der Waals surface area contributed by atoms with Crippen molar-refractivity contribution in [3.8, 4) is 0 Å². The minimum Gasteiger partial charge on any atom is -0.335 e. The second-order valence-corrected chi connectivity index (χ2v) is 7.17. The molecule has 0 saturated heterocycles. The van der Waals surface area contributed by atoms with Crippen LogP contribution in [0, 0.1) is 23.5 Å². The SMILES string of the molecule is NC[C@H]1CCC[C@H]1C(=O)N(Cc1cc(F)ccc1F)C1CCCC1. The first-order chi connectivity index (χ1) is 11.6. The summed E-state index contributed by atoms with van der Waals surface area (Å²) in [5, 5.41) is 0. The van der Waals surface area contributed by atoms with Gasteiger partial charge in [-0.15, -0.1) is 0 Å². The monoisotopic (exact) mass is 336 g/mol. The van der Waals surface area contributed by atoms with Crippen molar-refractivity contribution >= 4 is 5.91 Å². The lowest BCUT2D eigenvalue weighted by atomic mass is 9.93. The van der Waals surface area contributed by atoms with Crippen molar-refractivity contribution in [1.82, 2.24) is 4.90 Å². The largest absolute Gasteiger partial charge is 0.335 e. The summed E-state index contributed by atoms with van der Waals surface area (Å²) in [6.45, 7) is 0.671. The average molecular weight is 336 g/mol. The third-order valence-electron chi connectivity index (χ3n) is 5.68. The molecule has 0 unspecified atom stereocenters. The molecule has 5 heteroatoms. The highest BCUT2D eigenvalue weighted by atomic mass is 19.1. The summed E-state index contributed by atoms with van der Waals surface area (Å²) < 4.78 is 27.6. The Kier molecular flexibility index (Phi) is 5.49. The van der Waals surface area contributed by atoms with Crippen LogP contribution in [0.15, 0.2) is 18.2 Å². The van der Waals surface area contributed by atoms with Crippen molar-refractivity contribution in [2.75, 3.05) is 6.54 Å². The average Bonchev–Trinajstić information content (AvgIpc) is 3.26. The minimum absolute atomic E-state index is 0.0628. The van der Waals surface area contributed by atoms with E-state index in [1.165, 1.54) is 6.07 Å². The van der Waals surface area contributed by atoms with Crippen molar-refractivity contribution in [2.24, 2.45) is 17.6 Å². The number of carbonyl (C=O) groups is 1. The minimum atomic E-state index is -0.467. The normalized spacial score (nSPS) is 24.5. The van der Waals surface area contributed by atoms with E-state index in [4.69, 9.17) is 5.73 Å². The molecular formula is C19H26F2N2O. The molecule has 0 radical (unpaired) electrons. The van der Waals surface area contributed by atoms with E-state index in [2.05, 4.69) is 0 Å². The van der Waals surface area contributed by atoms with Crippen LogP contribution in [0.1, 0.15) is 50.5 Å². The second kappa shape index (κ2) is 7.60. The van der Waals surface area contributed by atoms with Gasteiger partial charge in [-0.1, -0.05) is 19.3 Å². The zero-order valence-corrected chi connectivity index (χ0v) is 14.0. The van der Waals surface area contributed by atoms with E-state index in [9.17, 15) is 13.6 Å². The van der Waals surface area contributed by atoms with Gasteiger partial charge < -0.3 is 10.6 Å². The Labute approximate surface area is 142 Å². The third-order valence-corrected chi connectivity index (χ3v) is 5.68. The Balaban J connectivity index is 1.83. The van der Waals surface area contributed by atoms with Crippen LogP contribution in [0.2, 0.25) is 0 Å². The first-order valence-electron chi connectivity index (χ1n) is 9.04. The fourth-order valence-electron chi connectivity index (χ4n) is 4.31. The molecule has 0 aliphatic heterocycles. The van der Waals surface area contributed by atoms with Crippen LogP contribution in [0.3, 0.4) is 0 Å². The number of nitrogens with two attached hydrogens (primary N) is 1. The lowest BCUT2D eigenvalue weighted by molar-refractivity contribution is -0.139. The smallest absolute Gasteiger partial charge is 0.226 e. The van der Waals surface area contributed by atoms with Gasteiger partial charge in [0.1, 0.15) is 11.6 Å². The molecule has 1 aromatic rings. The van der Waals surface area contributed by atoms with Gasteiger partial charge in [0.15, 0.2) is 0 Å². The predicted octanol–water partition coefficient (Wildman–Crippen LogP) is 3.61. The third kappa shape index (κ3) is 3.61. The van der Waals surface area contributed by atoms with E-state index < -0.39 is 11.6 Å². The van der Waals surface area contributed by atoms with Gasteiger partial charge in [-0.25, -0.2) is 8.78 Å².